The summed E-state index contributed by atoms with van der Waals surface area (Å²) in [6, 6.07) is 6.16. The van der Waals surface area contributed by atoms with E-state index < -0.39 is 23.4 Å². The van der Waals surface area contributed by atoms with Gasteiger partial charge in [-0.05, 0) is 12.1 Å². The number of amides is 2. The molecule has 11 heteroatoms. The van der Waals surface area contributed by atoms with Gasteiger partial charge in [-0.15, -0.1) is 0 Å². The summed E-state index contributed by atoms with van der Waals surface area (Å²) in [5.74, 6) is -0.0927. The zero-order valence-corrected chi connectivity index (χ0v) is 16.0. The second-order valence-corrected chi connectivity index (χ2v) is 6.34. The van der Waals surface area contributed by atoms with Crippen LogP contribution in [-0.4, -0.2) is 36.3 Å². The van der Waals surface area contributed by atoms with Crippen molar-refractivity contribution in [1.82, 2.24) is 10.2 Å². The van der Waals surface area contributed by atoms with E-state index in [0.717, 1.165) is 17.8 Å². The van der Waals surface area contributed by atoms with Gasteiger partial charge in [-0.2, -0.15) is 10.1 Å². The Morgan fingerprint density at radius 1 is 1.17 bits per heavy atom. The predicted molar refractivity (Wildman–Crippen MR) is 103 cm³/mol. The van der Waals surface area contributed by atoms with Gasteiger partial charge in [0, 0.05) is 12.1 Å². The van der Waals surface area contributed by atoms with Gasteiger partial charge in [-0.3, -0.25) is 15.7 Å². The maximum absolute atomic E-state index is 13.8. The number of aromatic nitrogens is 2. The van der Waals surface area contributed by atoms with Crippen LogP contribution in [-0.2, 0) is 0 Å². The molecule has 0 aliphatic carbocycles. The minimum atomic E-state index is -0.865. The number of H-pyrrole nitrogens is 1. The van der Waals surface area contributed by atoms with Crippen LogP contribution in [0.5, 0.6) is 11.5 Å². The number of nitrogens with zero attached hydrogens (tertiary/aromatic N) is 2. The number of nitrogens with one attached hydrogen (secondary N) is 2. The Labute approximate surface area is 169 Å². The lowest BCUT2D eigenvalue weighted by Gasteiger charge is -2.07. The van der Waals surface area contributed by atoms with Crippen LogP contribution in [0.4, 0.5) is 36.3 Å². The number of quaternary nitrogens is 2. The number of halogens is 2. The van der Waals surface area contributed by atoms with Crippen LogP contribution in [0.15, 0.2) is 41.5 Å². The van der Waals surface area contributed by atoms with Gasteiger partial charge in [-0.25, -0.2) is 18.9 Å². The number of urea groups is 1. The van der Waals surface area contributed by atoms with Crippen LogP contribution >= 0.6 is 0 Å². The van der Waals surface area contributed by atoms with E-state index in [1.165, 1.54) is 24.7 Å². The highest BCUT2D eigenvalue weighted by Crippen LogP contribution is 2.37. The minimum absolute atomic E-state index is 0.408. The Kier molecular flexibility index (Phi) is 5.12. The van der Waals surface area contributed by atoms with E-state index in [2.05, 4.69) is 20.5 Å². The van der Waals surface area contributed by atoms with E-state index >= 15 is 0 Å². The van der Waals surface area contributed by atoms with Crippen LogP contribution < -0.4 is 25.4 Å². The number of benzene rings is 2. The molecule has 0 radical (unpaired) electrons. The number of aromatic amines is 1. The van der Waals surface area contributed by atoms with E-state index in [0.29, 0.717) is 34.4 Å². The molecule has 2 aromatic carbocycles. The molecule has 1 aliphatic heterocycles. The number of hydrogen-bond donors (Lipinski definition) is 4. The van der Waals surface area contributed by atoms with Gasteiger partial charge in [-0.1, -0.05) is 6.07 Å². The molecule has 9 nitrogen and oxygen atoms in total. The van der Waals surface area contributed by atoms with Crippen LogP contribution in [0.1, 0.15) is 5.69 Å². The zero-order valence-electron chi connectivity index (χ0n) is 16.0. The first kappa shape index (κ1) is 19.5. The Bertz CT molecular complexity index is 1140. The molecule has 0 atom stereocenters. The fourth-order valence-electron chi connectivity index (χ4n) is 3.06. The number of fused-ring (bicyclic) bond motifs is 1. The van der Waals surface area contributed by atoms with Crippen LogP contribution in [0.25, 0.3) is 0 Å². The summed E-state index contributed by atoms with van der Waals surface area (Å²) in [5.41, 5.74) is 1.85. The third-order valence-corrected chi connectivity index (χ3v) is 4.49. The van der Waals surface area contributed by atoms with E-state index in [9.17, 15) is 13.6 Å². The standard InChI is InChI=1S/C19H16F2N6O3/c1-29-14-6-11-12(7-15(14)30-2)24-18(23-11)17-13(8-22-27-17)25-19(28)26-16-9(20)4-3-5-10(16)21/h3-8H,1-2H3,(H,22,27)(H,23,24)(H2,25,26,28)/p+2. The molecule has 2 amide bonds. The van der Waals surface area contributed by atoms with Crippen molar-refractivity contribution in [1.29, 1.82) is 0 Å². The van der Waals surface area contributed by atoms with Crippen molar-refractivity contribution in [3.8, 4) is 11.5 Å². The molecule has 154 valence electrons. The molecule has 0 saturated carbocycles. The van der Waals surface area contributed by atoms with Gasteiger partial charge >= 0.3 is 6.03 Å². The summed E-state index contributed by atoms with van der Waals surface area (Å²) < 4.78 is 38.1. The summed E-state index contributed by atoms with van der Waals surface area (Å²) in [6.07, 6.45) is 1.42. The number of para-hydroxylation sites is 1. The molecular weight excluding hydrogens is 398 g/mol. The van der Waals surface area contributed by atoms with Crippen molar-refractivity contribution in [3.05, 3.63) is 53.9 Å². The van der Waals surface area contributed by atoms with Crippen LogP contribution in [0.2, 0.25) is 0 Å². The molecule has 0 spiro atoms. The van der Waals surface area contributed by atoms with Gasteiger partial charge in [0.05, 0.1) is 14.2 Å². The molecule has 4 rings (SSSR count). The van der Waals surface area contributed by atoms with Crippen molar-refractivity contribution in [3.63, 3.8) is 0 Å². The first-order valence-electron chi connectivity index (χ1n) is 8.83. The topological polar surface area (TPSA) is 122 Å². The number of primary amides is 1. The normalized spacial score (nSPS) is 12.3. The summed E-state index contributed by atoms with van der Waals surface area (Å²) in [5, 5.41) is 12.0. The zero-order chi connectivity index (χ0) is 21.3. The molecule has 0 fully saturated rings. The van der Waals surface area contributed by atoms with Gasteiger partial charge in [0.2, 0.25) is 5.69 Å². The van der Waals surface area contributed by atoms with Crippen LogP contribution in [0, 0.1) is 11.6 Å². The van der Waals surface area contributed by atoms with Gasteiger partial charge in [0.25, 0.3) is 5.84 Å². The quantitative estimate of drug-likeness (QED) is 0.470. The molecule has 0 unspecified atom stereocenters. The molecule has 6 N–H and O–H groups in total. The third-order valence-electron chi connectivity index (χ3n) is 4.49. The number of aliphatic imine (C=N–C) groups is 1. The highest BCUT2D eigenvalue weighted by atomic mass is 19.1. The van der Waals surface area contributed by atoms with Gasteiger partial charge in [0.1, 0.15) is 29.2 Å². The maximum atomic E-state index is 13.8. The van der Waals surface area contributed by atoms with Crippen molar-refractivity contribution in [2.75, 3.05) is 19.5 Å². The number of nitrogens with two attached hydrogens (primary N) is 2. The number of anilines is 1. The number of methoxy groups -OCH3 is 2. The lowest BCUT2D eigenvalue weighted by molar-refractivity contribution is -0.462. The Morgan fingerprint density at radius 3 is 2.57 bits per heavy atom. The Hall–Kier alpha value is -3.83. The minimum Gasteiger partial charge on any atom is -0.493 e. The number of hydrogen-bond acceptors (Lipinski definition) is 5. The first-order valence-corrected chi connectivity index (χ1v) is 8.83. The van der Waals surface area contributed by atoms with Crippen molar-refractivity contribution in [2.45, 2.75) is 0 Å². The average molecular weight is 416 g/mol. The summed E-state index contributed by atoms with van der Waals surface area (Å²) in [6.45, 7) is 0. The lowest BCUT2D eigenvalue weighted by atomic mass is 10.2. The third kappa shape index (κ3) is 3.58. The van der Waals surface area contributed by atoms with E-state index in [1.54, 1.807) is 24.6 Å². The van der Waals surface area contributed by atoms with Crippen LogP contribution in [0.3, 0.4) is 0 Å². The monoisotopic (exact) mass is 416 g/mol. The summed E-state index contributed by atoms with van der Waals surface area (Å²) >= 11 is 0. The number of rotatable bonds is 5. The highest BCUT2D eigenvalue weighted by Gasteiger charge is 2.29. The molecular formula is C19H18F2N6O3+2. The van der Waals surface area contributed by atoms with Gasteiger partial charge < -0.3 is 9.47 Å². The molecule has 0 bridgehead atoms. The molecule has 3 aromatic rings. The highest BCUT2D eigenvalue weighted by molar-refractivity contribution is 6.00. The second kappa shape index (κ2) is 7.89. The maximum Gasteiger partial charge on any atom is 0.423 e. The number of carbonyl (C=O) groups is 1. The van der Waals surface area contributed by atoms with Crippen molar-refractivity contribution in [2.24, 2.45) is 4.99 Å². The predicted octanol–water partition coefficient (Wildman–Crippen LogP) is 1.42. The Morgan fingerprint density at radius 2 is 1.87 bits per heavy atom. The summed E-state index contributed by atoms with van der Waals surface area (Å²) in [7, 11) is 3.08. The molecule has 0 saturated heterocycles. The largest absolute Gasteiger partial charge is 0.493 e. The van der Waals surface area contributed by atoms with E-state index in [1.807, 2.05) is 0 Å². The van der Waals surface area contributed by atoms with Crippen molar-refractivity contribution >= 4 is 34.6 Å². The SMILES string of the molecule is COc1cc2c(cc1OC)[NH2+]C(c1[nH]ncc1[NH2+]C(=O)Nc1c(F)cccc1F)=N2. The first-order chi connectivity index (χ1) is 14.5. The molecule has 2 heterocycles. The molecule has 30 heavy (non-hydrogen) atoms. The fraction of sp³-hybridized carbons (Fsp3) is 0.105. The number of carbonyl (C=O) groups excluding carboxylic acids is 1. The number of ether oxygens (including phenoxy) is 2. The van der Waals surface area contributed by atoms with Gasteiger partial charge in [0.15, 0.2) is 22.9 Å². The van der Waals surface area contributed by atoms with E-state index in [4.69, 9.17) is 9.47 Å². The van der Waals surface area contributed by atoms with Crippen molar-refractivity contribution < 1.29 is 33.7 Å². The molecule has 1 aliphatic rings. The summed E-state index contributed by atoms with van der Waals surface area (Å²) in [4.78, 5) is 16.9. The molecule has 1 aromatic heterocycles. The Balaban J connectivity index is 1.54. The lowest BCUT2D eigenvalue weighted by Crippen LogP contribution is -2.86. The second-order valence-electron chi connectivity index (χ2n) is 6.34. The smallest absolute Gasteiger partial charge is 0.423 e. The number of amidine groups is 1. The average Bonchev–Trinajstić information content (AvgIpc) is 3.35. The van der Waals surface area contributed by atoms with E-state index in [-0.39, 0.29) is 0 Å². The fourth-order valence-corrected chi connectivity index (χ4v) is 3.06.